The average molecular weight is 795 g/mol. The molecule has 10 aromatic carbocycles. The number of para-hydroxylation sites is 2. The molecule has 0 spiro atoms. The Hall–Kier alpha value is -7.72. The van der Waals surface area contributed by atoms with E-state index in [1.165, 1.54) is 86.1 Å². The summed E-state index contributed by atoms with van der Waals surface area (Å²) in [5, 5.41) is 7.59. The fourth-order valence-corrected chi connectivity index (χ4v) is 10.5. The van der Waals surface area contributed by atoms with Gasteiger partial charge in [-0.3, -0.25) is 0 Å². The zero-order valence-electron chi connectivity index (χ0n) is 33.2. The Balaban J connectivity index is 1.01. The Morgan fingerprint density at radius 3 is 1.67 bits per heavy atom. The van der Waals surface area contributed by atoms with Crippen molar-refractivity contribution in [3.8, 4) is 39.1 Å². The van der Waals surface area contributed by atoms with Crippen LogP contribution in [0.5, 0.6) is 0 Å². The highest BCUT2D eigenvalue weighted by Gasteiger charge is 2.19. The number of rotatable bonds is 7. The maximum Gasteiger partial charge on any atom is 0.0547 e. The van der Waals surface area contributed by atoms with Crippen molar-refractivity contribution in [2.45, 2.75) is 0 Å². The van der Waals surface area contributed by atoms with Gasteiger partial charge in [-0.25, -0.2) is 0 Å². The van der Waals surface area contributed by atoms with Crippen molar-refractivity contribution in [3.63, 3.8) is 0 Å². The summed E-state index contributed by atoms with van der Waals surface area (Å²) in [6.45, 7) is 0. The third kappa shape index (κ3) is 6.01. The van der Waals surface area contributed by atoms with E-state index in [0.29, 0.717) is 0 Å². The third-order valence-electron chi connectivity index (χ3n) is 12.2. The molecule has 2 nitrogen and oxygen atoms in total. The van der Waals surface area contributed by atoms with Gasteiger partial charge in [0.1, 0.15) is 0 Å². The molecule has 0 unspecified atom stereocenters. The van der Waals surface area contributed by atoms with Gasteiger partial charge in [-0.1, -0.05) is 164 Å². The fraction of sp³-hybridized carbons (Fsp3) is 0. The van der Waals surface area contributed by atoms with Gasteiger partial charge in [-0.2, -0.15) is 0 Å². The van der Waals surface area contributed by atoms with E-state index >= 15 is 0 Å². The quantitative estimate of drug-likeness (QED) is 0.156. The molecule has 3 heteroatoms. The number of hydrogen-bond acceptors (Lipinski definition) is 2. The highest BCUT2D eigenvalue weighted by molar-refractivity contribution is 7.26. The van der Waals surface area contributed by atoms with Gasteiger partial charge in [0.25, 0.3) is 0 Å². The molecule has 2 aromatic heterocycles. The number of hydrogen-bond donors (Lipinski definition) is 0. The summed E-state index contributed by atoms with van der Waals surface area (Å²) < 4.78 is 5.07. The van der Waals surface area contributed by atoms with Crippen LogP contribution in [0.2, 0.25) is 0 Å². The van der Waals surface area contributed by atoms with Crippen LogP contribution in [-0.4, -0.2) is 4.57 Å². The fourth-order valence-electron chi connectivity index (χ4n) is 9.30. The molecule has 0 radical (unpaired) electrons. The predicted octanol–water partition coefficient (Wildman–Crippen LogP) is 16.8. The first-order chi connectivity index (χ1) is 30.2. The van der Waals surface area contributed by atoms with E-state index in [9.17, 15) is 0 Å². The van der Waals surface area contributed by atoms with E-state index in [-0.39, 0.29) is 0 Å². The molecule has 2 heterocycles. The van der Waals surface area contributed by atoms with Gasteiger partial charge in [0, 0.05) is 59.3 Å². The summed E-state index contributed by atoms with van der Waals surface area (Å²) in [6, 6.07) is 84.1. The molecule has 61 heavy (non-hydrogen) atoms. The largest absolute Gasteiger partial charge is 0.311 e. The normalized spacial score (nSPS) is 11.6. The minimum atomic E-state index is 1.10. The van der Waals surface area contributed by atoms with Crippen LogP contribution in [0, 0.1) is 0 Å². The molecular formula is C58H38N2S. The van der Waals surface area contributed by atoms with Crippen molar-refractivity contribution in [2.75, 3.05) is 4.90 Å². The van der Waals surface area contributed by atoms with E-state index in [1.54, 1.807) is 0 Å². The van der Waals surface area contributed by atoms with Crippen molar-refractivity contribution in [3.05, 3.63) is 231 Å². The minimum absolute atomic E-state index is 1.10. The van der Waals surface area contributed by atoms with Gasteiger partial charge >= 0.3 is 0 Å². The number of thiophene rings is 1. The standard InChI is InChI=1S/C58H38N2S/c1-3-14-39(15-4-1)43-30-35-51-50-21-9-11-24-55(50)60(56(51)36-43)47-37-53(58-54(38-47)52-22-10-12-25-57(52)61-58)42-28-33-46(34-29-42)59(44-18-5-2-6-19-44)45-31-26-41(27-32-45)49-23-13-17-40-16-7-8-20-48(40)49/h1-38H. The second kappa shape index (κ2) is 14.5. The van der Waals surface area contributed by atoms with Crippen LogP contribution >= 0.6 is 11.3 Å². The lowest BCUT2D eigenvalue weighted by Crippen LogP contribution is -2.09. The Morgan fingerprint density at radius 1 is 0.328 bits per heavy atom. The van der Waals surface area contributed by atoms with Crippen molar-refractivity contribution >= 4 is 81.1 Å². The maximum absolute atomic E-state index is 2.47. The molecule has 0 amide bonds. The predicted molar refractivity (Wildman–Crippen MR) is 262 cm³/mol. The summed E-state index contributed by atoms with van der Waals surface area (Å²) in [5.41, 5.74) is 14.2. The Kier molecular flexibility index (Phi) is 8.39. The van der Waals surface area contributed by atoms with Crippen LogP contribution in [0.15, 0.2) is 231 Å². The van der Waals surface area contributed by atoms with E-state index in [4.69, 9.17) is 0 Å². The Bertz CT molecular complexity index is 3560. The van der Waals surface area contributed by atoms with Gasteiger partial charge in [-0.15, -0.1) is 11.3 Å². The molecule has 0 saturated heterocycles. The summed E-state index contributed by atoms with van der Waals surface area (Å²) in [7, 11) is 0. The van der Waals surface area contributed by atoms with E-state index < -0.39 is 0 Å². The summed E-state index contributed by atoms with van der Waals surface area (Å²) in [5.74, 6) is 0. The number of benzene rings is 10. The summed E-state index contributed by atoms with van der Waals surface area (Å²) in [4.78, 5) is 2.35. The van der Waals surface area contributed by atoms with Gasteiger partial charge in [0.15, 0.2) is 0 Å². The van der Waals surface area contributed by atoms with Gasteiger partial charge < -0.3 is 9.47 Å². The van der Waals surface area contributed by atoms with E-state index in [2.05, 4.69) is 240 Å². The zero-order chi connectivity index (χ0) is 40.3. The monoisotopic (exact) mass is 794 g/mol. The first kappa shape index (κ1) is 35.2. The van der Waals surface area contributed by atoms with Crippen molar-refractivity contribution in [1.29, 1.82) is 0 Å². The molecule has 0 aliphatic carbocycles. The molecular weight excluding hydrogens is 757 g/mol. The second-order valence-electron chi connectivity index (χ2n) is 15.7. The molecule has 0 atom stereocenters. The average Bonchev–Trinajstić information content (AvgIpc) is 3.88. The highest BCUT2D eigenvalue weighted by Crippen LogP contribution is 2.45. The minimum Gasteiger partial charge on any atom is -0.311 e. The molecule has 0 saturated carbocycles. The lowest BCUT2D eigenvalue weighted by molar-refractivity contribution is 1.19. The van der Waals surface area contributed by atoms with Gasteiger partial charge in [0.2, 0.25) is 0 Å². The SMILES string of the molecule is c1ccc(-c2ccc3c4ccccc4n(-c4cc(-c5ccc(N(c6ccccc6)c6ccc(-c7cccc8ccccc78)cc6)cc5)c5sc6ccccc6c5c4)c3c2)cc1. The molecule has 0 bridgehead atoms. The van der Waals surface area contributed by atoms with E-state index in [1.807, 2.05) is 11.3 Å². The van der Waals surface area contributed by atoms with Crippen LogP contribution < -0.4 is 4.90 Å². The maximum atomic E-state index is 2.47. The first-order valence-corrected chi connectivity index (χ1v) is 21.6. The molecule has 286 valence electrons. The molecule has 0 N–H and O–H groups in total. The Morgan fingerprint density at radius 2 is 0.902 bits per heavy atom. The lowest BCUT2D eigenvalue weighted by atomic mass is 9.98. The topological polar surface area (TPSA) is 8.17 Å². The second-order valence-corrected chi connectivity index (χ2v) is 16.8. The molecule has 0 aliphatic heterocycles. The van der Waals surface area contributed by atoms with Crippen LogP contribution in [-0.2, 0) is 0 Å². The van der Waals surface area contributed by atoms with Crippen molar-refractivity contribution < 1.29 is 0 Å². The van der Waals surface area contributed by atoms with Crippen LogP contribution in [0.1, 0.15) is 0 Å². The van der Waals surface area contributed by atoms with Gasteiger partial charge in [0.05, 0.1) is 11.0 Å². The van der Waals surface area contributed by atoms with Crippen molar-refractivity contribution in [2.24, 2.45) is 0 Å². The number of fused-ring (bicyclic) bond motifs is 7. The lowest BCUT2D eigenvalue weighted by Gasteiger charge is -2.26. The highest BCUT2D eigenvalue weighted by atomic mass is 32.1. The third-order valence-corrected chi connectivity index (χ3v) is 13.4. The molecule has 0 aliphatic rings. The van der Waals surface area contributed by atoms with Gasteiger partial charge in [-0.05, 0) is 105 Å². The zero-order valence-corrected chi connectivity index (χ0v) is 34.1. The summed E-state index contributed by atoms with van der Waals surface area (Å²) in [6.07, 6.45) is 0. The first-order valence-electron chi connectivity index (χ1n) is 20.8. The van der Waals surface area contributed by atoms with Crippen LogP contribution in [0.25, 0.3) is 91.8 Å². The summed E-state index contributed by atoms with van der Waals surface area (Å²) >= 11 is 1.88. The smallest absolute Gasteiger partial charge is 0.0547 e. The van der Waals surface area contributed by atoms with Crippen LogP contribution in [0.3, 0.4) is 0 Å². The number of nitrogens with zero attached hydrogens (tertiary/aromatic N) is 2. The van der Waals surface area contributed by atoms with Crippen molar-refractivity contribution in [1.82, 2.24) is 4.57 Å². The van der Waals surface area contributed by atoms with Crippen LogP contribution in [0.4, 0.5) is 17.1 Å². The number of aromatic nitrogens is 1. The Labute approximate surface area is 358 Å². The molecule has 12 aromatic rings. The molecule has 0 fully saturated rings. The molecule has 12 rings (SSSR count). The number of anilines is 3. The van der Waals surface area contributed by atoms with E-state index in [0.717, 1.165) is 22.7 Å².